The number of hydrogen-bond donors (Lipinski definition) is 2. The highest BCUT2D eigenvalue weighted by Crippen LogP contribution is 1.82. The number of rotatable bonds is 1. The first-order chi connectivity index (χ1) is 2.77. The van der Waals surface area contributed by atoms with E-state index in [2.05, 4.69) is 29.6 Å². The van der Waals surface area contributed by atoms with E-state index in [4.69, 9.17) is 5.11 Å². The minimum absolute atomic E-state index is 0.0671. The zero-order valence-electron chi connectivity index (χ0n) is 2.92. The van der Waals surface area contributed by atoms with Crippen LogP contribution in [0.2, 0.25) is 0 Å². The molecule has 0 spiro atoms. The maximum absolute atomic E-state index is 7.88. The Bertz CT molecular complexity index is 53.5. The summed E-state index contributed by atoms with van der Waals surface area (Å²) in [6.07, 6.45) is 0. The Labute approximate surface area is 46.5 Å². The van der Waals surface area contributed by atoms with Crippen molar-refractivity contribution in [2.45, 2.75) is 0 Å². The van der Waals surface area contributed by atoms with Crippen LogP contribution in [0.1, 0.15) is 0 Å². The average molecular weight is 124 g/mol. The smallest absolute Gasteiger partial charge is 0.218 e. The van der Waals surface area contributed by atoms with Gasteiger partial charge in [0, 0.05) is 0 Å². The first-order valence-electron chi connectivity index (χ1n) is 1.24. The van der Waals surface area contributed by atoms with Crippen LogP contribution in [-0.4, -0.2) is 16.3 Å². The molecule has 1 N–H and O–H groups in total. The van der Waals surface area contributed by atoms with Crippen LogP contribution in [-0.2, 0) is 4.74 Å². The SMILES string of the molecule is OCOC(=S)S. The second kappa shape index (κ2) is 3.39. The van der Waals surface area contributed by atoms with Gasteiger partial charge in [0.15, 0.2) is 6.79 Å². The molecule has 36 valence electrons. The zero-order valence-corrected chi connectivity index (χ0v) is 4.63. The largest absolute Gasteiger partial charge is 0.452 e. The van der Waals surface area contributed by atoms with Crippen molar-refractivity contribution in [3.8, 4) is 0 Å². The van der Waals surface area contributed by atoms with Gasteiger partial charge < -0.3 is 9.84 Å². The third kappa shape index (κ3) is 4.20. The molecule has 0 unspecified atom stereocenters. The molecule has 0 aliphatic heterocycles. The maximum atomic E-state index is 7.88. The van der Waals surface area contributed by atoms with Gasteiger partial charge in [-0.05, 0) is 12.2 Å². The molecule has 0 saturated heterocycles. The summed E-state index contributed by atoms with van der Waals surface area (Å²) in [5, 5.41) is 7.88. The van der Waals surface area contributed by atoms with Crippen molar-refractivity contribution >= 4 is 29.2 Å². The van der Waals surface area contributed by atoms with Crippen molar-refractivity contribution < 1.29 is 9.84 Å². The van der Waals surface area contributed by atoms with Crippen LogP contribution in [0.15, 0.2) is 0 Å². The van der Waals surface area contributed by atoms with E-state index in [0.717, 1.165) is 0 Å². The lowest BCUT2D eigenvalue weighted by atomic mass is 11.4. The lowest BCUT2D eigenvalue weighted by Gasteiger charge is -1.91. The third-order valence-corrected chi connectivity index (χ3v) is 0.435. The second-order valence-corrected chi connectivity index (χ2v) is 1.62. The fraction of sp³-hybridized carbons (Fsp3) is 0.500. The van der Waals surface area contributed by atoms with Gasteiger partial charge in [-0.15, -0.1) is 0 Å². The van der Waals surface area contributed by atoms with Crippen LogP contribution in [0.4, 0.5) is 0 Å². The van der Waals surface area contributed by atoms with E-state index >= 15 is 0 Å². The molecule has 0 bridgehead atoms. The molecule has 0 fully saturated rings. The number of thiocarbonyl (C=S) groups is 1. The van der Waals surface area contributed by atoms with Gasteiger partial charge in [-0.3, -0.25) is 0 Å². The number of aliphatic hydroxyl groups excluding tert-OH is 1. The molecule has 2 nitrogen and oxygen atoms in total. The van der Waals surface area contributed by atoms with Gasteiger partial charge in [0.1, 0.15) is 0 Å². The van der Waals surface area contributed by atoms with Crippen molar-refractivity contribution in [2.24, 2.45) is 0 Å². The quantitative estimate of drug-likeness (QED) is 0.296. The maximum Gasteiger partial charge on any atom is 0.218 e. The van der Waals surface area contributed by atoms with Gasteiger partial charge in [0.05, 0.1) is 0 Å². The van der Waals surface area contributed by atoms with Gasteiger partial charge >= 0.3 is 0 Å². The van der Waals surface area contributed by atoms with E-state index in [0.29, 0.717) is 0 Å². The van der Waals surface area contributed by atoms with E-state index in [9.17, 15) is 0 Å². The Morgan fingerprint density at radius 2 is 2.50 bits per heavy atom. The minimum atomic E-state index is -0.387. The highest BCUT2D eigenvalue weighted by molar-refractivity contribution is 8.10. The van der Waals surface area contributed by atoms with Crippen LogP contribution in [0.5, 0.6) is 0 Å². The molecule has 0 aromatic heterocycles. The predicted molar refractivity (Wildman–Crippen MR) is 29.8 cm³/mol. The molecule has 0 aliphatic carbocycles. The molecule has 0 aromatic carbocycles. The summed E-state index contributed by atoms with van der Waals surface area (Å²) in [4.78, 5) is 0. The van der Waals surface area contributed by atoms with Crippen molar-refractivity contribution in [1.82, 2.24) is 0 Å². The zero-order chi connectivity index (χ0) is 4.99. The lowest BCUT2D eigenvalue weighted by Crippen LogP contribution is -1.92. The fourth-order valence-electron chi connectivity index (χ4n) is 0.0552. The summed E-state index contributed by atoms with van der Waals surface area (Å²) < 4.78 is 4.26. The molecular formula is C2H4O2S2. The molecule has 0 aliphatic rings. The first kappa shape index (κ1) is 6.20. The van der Waals surface area contributed by atoms with Crippen LogP contribution >= 0.6 is 24.8 Å². The molecule has 0 saturated carbocycles. The Morgan fingerprint density at radius 3 is 2.50 bits per heavy atom. The molecule has 0 aromatic rings. The number of thiol groups is 1. The Hall–Kier alpha value is 0.200. The molecule has 4 heteroatoms. The van der Waals surface area contributed by atoms with Gasteiger partial charge in [0.2, 0.25) is 4.38 Å². The van der Waals surface area contributed by atoms with Gasteiger partial charge in [-0.2, -0.15) is 0 Å². The Balaban J connectivity index is 2.83. The van der Waals surface area contributed by atoms with E-state index in [-0.39, 0.29) is 11.2 Å². The van der Waals surface area contributed by atoms with Crippen LogP contribution in [0, 0.1) is 0 Å². The monoisotopic (exact) mass is 124 g/mol. The standard InChI is InChI=1S/C2H4O2S2/c3-1-4-2(5)6/h3H,1H2,(H,5,6). The number of hydrogen-bond acceptors (Lipinski definition) is 3. The molecule has 0 heterocycles. The summed E-state index contributed by atoms with van der Waals surface area (Å²) in [5.74, 6) is 0. The van der Waals surface area contributed by atoms with Crippen molar-refractivity contribution in [1.29, 1.82) is 0 Å². The van der Waals surface area contributed by atoms with E-state index in [1.807, 2.05) is 0 Å². The summed E-state index contributed by atoms with van der Waals surface area (Å²) in [7, 11) is 0. The van der Waals surface area contributed by atoms with Crippen molar-refractivity contribution in [2.75, 3.05) is 6.79 Å². The van der Waals surface area contributed by atoms with E-state index in [1.54, 1.807) is 0 Å². The van der Waals surface area contributed by atoms with Crippen LogP contribution in [0.25, 0.3) is 0 Å². The van der Waals surface area contributed by atoms with Gasteiger partial charge in [-0.1, -0.05) is 12.6 Å². The number of ether oxygens (including phenoxy) is 1. The summed E-state index contributed by atoms with van der Waals surface area (Å²) in [5.41, 5.74) is 0. The Morgan fingerprint density at radius 1 is 2.00 bits per heavy atom. The first-order valence-corrected chi connectivity index (χ1v) is 2.09. The average Bonchev–Trinajstić information content (AvgIpc) is 1.35. The molecule has 0 radical (unpaired) electrons. The topological polar surface area (TPSA) is 29.5 Å². The number of aliphatic hydroxyl groups is 1. The summed E-state index contributed by atoms with van der Waals surface area (Å²) in [6, 6.07) is 0. The second-order valence-electron chi connectivity index (χ2n) is 0.539. The normalized spacial score (nSPS) is 7.67. The van der Waals surface area contributed by atoms with Crippen LogP contribution < -0.4 is 0 Å². The molecule has 0 rings (SSSR count). The van der Waals surface area contributed by atoms with Crippen molar-refractivity contribution in [3.63, 3.8) is 0 Å². The highest BCUT2D eigenvalue weighted by Gasteiger charge is 1.78. The minimum Gasteiger partial charge on any atom is -0.452 e. The molecule has 0 amide bonds. The van der Waals surface area contributed by atoms with Crippen LogP contribution in [0.3, 0.4) is 0 Å². The molecular weight excluding hydrogens is 120 g/mol. The van der Waals surface area contributed by atoms with E-state index in [1.165, 1.54) is 0 Å². The fourth-order valence-corrected chi connectivity index (χ4v) is 0.166. The summed E-state index contributed by atoms with van der Waals surface area (Å²) in [6.45, 7) is -0.387. The molecule has 6 heavy (non-hydrogen) atoms. The summed E-state index contributed by atoms with van der Waals surface area (Å²) >= 11 is 7.80. The highest BCUT2D eigenvalue weighted by atomic mass is 32.1. The molecule has 0 atom stereocenters. The van der Waals surface area contributed by atoms with E-state index < -0.39 is 0 Å². The van der Waals surface area contributed by atoms with Gasteiger partial charge in [-0.25, -0.2) is 0 Å². The van der Waals surface area contributed by atoms with Crippen molar-refractivity contribution in [3.05, 3.63) is 0 Å². The van der Waals surface area contributed by atoms with Gasteiger partial charge in [0.25, 0.3) is 0 Å². The Kier molecular flexibility index (Phi) is 3.51. The third-order valence-electron chi connectivity index (χ3n) is 0.188. The lowest BCUT2D eigenvalue weighted by molar-refractivity contribution is 0.0958. The predicted octanol–water partition coefficient (Wildman–Crippen LogP) is 0.167.